The van der Waals surface area contributed by atoms with Crippen LogP contribution in [0.2, 0.25) is 10.0 Å². The third-order valence-electron chi connectivity index (χ3n) is 14.2. The van der Waals surface area contributed by atoms with E-state index in [1.54, 1.807) is 66.7 Å². The zero-order valence-corrected chi connectivity index (χ0v) is 41.7. The number of carboxylic acids is 1. The summed E-state index contributed by atoms with van der Waals surface area (Å²) in [4.78, 5) is 41.6. The molecule has 3 aliphatic heterocycles. The number of aromatic carboxylic acids is 1. The Morgan fingerprint density at radius 3 is 1.79 bits per heavy atom. The molecule has 4 aliphatic rings. The first-order valence-corrected chi connectivity index (χ1v) is 24.6. The van der Waals surface area contributed by atoms with Crippen molar-refractivity contribution >= 4 is 90.4 Å². The highest BCUT2D eigenvalue weighted by molar-refractivity contribution is 6.32. The van der Waals surface area contributed by atoms with E-state index in [9.17, 15) is 34.8 Å². The van der Waals surface area contributed by atoms with Crippen molar-refractivity contribution in [2.45, 2.75) is 5.60 Å². The number of halogens is 2. The molecule has 0 amide bonds. The molecule has 12 nitrogen and oxygen atoms in total. The number of phenolic OH excluding ortho intramolecular Hbond substituents is 3. The third kappa shape index (κ3) is 7.73. The van der Waals surface area contributed by atoms with Crippen LogP contribution in [0.5, 0.6) is 28.7 Å². The van der Waals surface area contributed by atoms with Crippen LogP contribution in [0, 0.1) is 0 Å². The Balaban J connectivity index is 0.000000153. The van der Waals surface area contributed by atoms with Gasteiger partial charge >= 0.3 is 11.9 Å². The normalized spacial score (nSPS) is 14.1. The lowest BCUT2D eigenvalue weighted by Gasteiger charge is -2.37. The van der Waals surface area contributed by atoms with E-state index < -0.39 is 17.5 Å². The molecule has 14 heteroatoms. The fraction of sp³-hybridized carbons (Fsp3) is 0.0484. The Hall–Kier alpha value is -9.49. The van der Waals surface area contributed by atoms with Gasteiger partial charge in [-0.3, -0.25) is 4.79 Å². The highest BCUT2D eigenvalue weighted by Gasteiger charge is 2.54. The molecule has 372 valence electrons. The number of esters is 1. The zero-order valence-electron chi connectivity index (χ0n) is 40.2. The number of hydrogen-bond donors (Lipinski definition) is 4. The van der Waals surface area contributed by atoms with E-state index in [1.807, 2.05) is 121 Å². The van der Waals surface area contributed by atoms with Crippen LogP contribution in [-0.4, -0.2) is 46.5 Å². The van der Waals surface area contributed by atoms with E-state index in [-0.39, 0.29) is 38.3 Å². The number of ether oxygens (including phenoxy) is 2. The van der Waals surface area contributed by atoms with E-state index in [2.05, 4.69) is 0 Å². The highest BCUT2D eigenvalue weighted by atomic mass is 35.5. The van der Waals surface area contributed by atoms with Gasteiger partial charge in [-0.25, -0.2) is 9.59 Å². The molecule has 13 rings (SSSR count). The molecular formula is C62H40Cl2N2O10. The molecule has 1 spiro atoms. The second-order valence-corrected chi connectivity index (χ2v) is 19.3. The molecule has 0 fully saturated rings. The Morgan fingerprint density at radius 1 is 0.539 bits per heavy atom. The minimum absolute atomic E-state index is 0.0313. The third-order valence-corrected chi connectivity index (χ3v) is 14.8. The lowest BCUT2D eigenvalue weighted by atomic mass is 9.77. The van der Waals surface area contributed by atoms with Crippen molar-refractivity contribution in [1.82, 2.24) is 0 Å². The maximum absolute atomic E-state index is 13.1. The van der Waals surface area contributed by atoms with Crippen LogP contribution in [-0.2, 0) is 10.3 Å². The van der Waals surface area contributed by atoms with Gasteiger partial charge in [-0.05, 0) is 138 Å². The number of aromatic hydroxyl groups is 3. The molecule has 0 aromatic heterocycles. The lowest BCUT2D eigenvalue weighted by molar-refractivity contribution is 0.0225. The molecule has 1 atom stereocenters. The molecule has 0 bridgehead atoms. The molecule has 9 aromatic carbocycles. The maximum atomic E-state index is 13.1. The second kappa shape index (κ2) is 18.2. The molecule has 9 aromatic rings. The standard InChI is InChI=1S/2C31H20ClNO5/c1-33(18-7-10-20(34)11-8-18)19-9-12-21-17(14-19)6-13-24-29(21)37-28-16-27(35)26(32)15-25(28)31(24)23-5-3-2-4-22(23)30(36)38-31;1-33(18-7-10-20(34)11-8-18)19-9-13-21-17(14-19)6-12-24-29(22-4-2-3-5-23(22)31(36)37)25-15-26(32)27(35)16-28(25)38-30(21)24/h2-16,34-35H,1H3;2-16,34H,1H3,(H,36,37). The molecule has 0 saturated carbocycles. The summed E-state index contributed by atoms with van der Waals surface area (Å²) in [6, 6.07) is 53.6. The van der Waals surface area contributed by atoms with E-state index >= 15 is 0 Å². The van der Waals surface area contributed by atoms with Gasteiger partial charge in [-0.2, -0.15) is 0 Å². The summed E-state index contributed by atoms with van der Waals surface area (Å²) in [5.74, 6) is 0.0109. The van der Waals surface area contributed by atoms with Crippen molar-refractivity contribution in [3.8, 4) is 51.2 Å². The Kier molecular flexibility index (Phi) is 11.4. The van der Waals surface area contributed by atoms with Crippen LogP contribution < -0.4 is 20.0 Å². The highest BCUT2D eigenvalue weighted by Crippen LogP contribution is 2.59. The van der Waals surface area contributed by atoms with Gasteiger partial charge in [0.1, 0.15) is 40.1 Å². The van der Waals surface area contributed by atoms with E-state index in [1.165, 1.54) is 18.2 Å². The van der Waals surface area contributed by atoms with Gasteiger partial charge in [0.05, 0.1) is 21.2 Å². The van der Waals surface area contributed by atoms with Crippen molar-refractivity contribution in [2.75, 3.05) is 23.9 Å². The topological polar surface area (TPSA) is 170 Å². The Labute approximate surface area is 442 Å². The number of fused-ring (bicyclic) bond motifs is 12. The van der Waals surface area contributed by atoms with Crippen LogP contribution in [0.4, 0.5) is 22.7 Å². The van der Waals surface area contributed by atoms with Crippen molar-refractivity contribution in [3.63, 3.8) is 0 Å². The lowest BCUT2D eigenvalue weighted by Crippen LogP contribution is -2.33. The fourth-order valence-electron chi connectivity index (χ4n) is 10.4. The smallest absolute Gasteiger partial charge is 0.340 e. The van der Waals surface area contributed by atoms with Crippen LogP contribution in [0.15, 0.2) is 191 Å². The summed E-state index contributed by atoms with van der Waals surface area (Å²) in [5.41, 5.74) is 6.80. The number of anilines is 4. The van der Waals surface area contributed by atoms with Gasteiger partial charge in [0, 0.05) is 93.0 Å². The molecule has 4 N–H and O–H groups in total. The van der Waals surface area contributed by atoms with Crippen molar-refractivity contribution < 1.29 is 43.9 Å². The van der Waals surface area contributed by atoms with E-state index in [4.69, 9.17) is 37.1 Å². The number of phenols is 3. The van der Waals surface area contributed by atoms with Gasteiger partial charge < -0.3 is 44.1 Å². The van der Waals surface area contributed by atoms with E-state index in [0.29, 0.717) is 67.2 Å². The summed E-state index contributed by atoms with van der Waals surface area (Å²) in [6.45, 7) is 0. The zero-order chi connectivity index (χ0) is 52.7. The minimum Gasteiger partial charge on any atom is -0.508 e. The quantitative estimate of drug-likeness (QED) is 0.0707. The number of hydrogen-bond acceptors (Lipinski definition) is 11. The predicted molar refractivity (Wildman–Crippen MR) is 295 cm³/mol. The van der Waals surface area contributed by atoms with Gasteiger partial charge in [0.2, 0.25) is 5.43 Å². The van der Waals surface area contributed by atoms with E-state index in [0.717, 1.165) is 44.3 Å². The molecule has 76 heavy (non-hydrogen) atoms. The maximum Gasteiger partial charge on any atom is 0.340 e. The van der Waals surface area contributed by atoms with Crippen molar-refractivity contribution in [3.05, 3.63) is 230 Å². The van der Waals surface area contributed by atoms with Gasteiger partial charge in [0.15, 0.2) is 5.60 Å². The number of carbonyl (C=O) groups excluding carboxylic acids is 1. The minimum atomic E-state index is -1.27. The average Bonchev–Trinajstić information content (AvgIpc) is 3.96. The molecule has 0 radical (unpaired) electrons. The van der Waals surface area contributed by atoms with Crippen LogP contribution >= 0.6 is 23.2 Å². The van der Waals surface area contributed by atoms with Crippen LogP contribution in [0.25, 0.3) is 55.0 Å². The number of benzene rings is 10. The summed E-state index contributed by atoms with van der Waals surface area (Å²) in [5, 5.41) is 43.9. The molecule has 0 saturated heterocycles. The SMILES string of the molecule is CN(c1ccc(O)cc1)c1ccc2c(ccc3c(-c4ccccc4C(=O)O)c4cc(Cl)c(=O)cc-4oc32)c1.CN(c1ccc(O)cc1)c1ccc2c3c(ccc2c1)C1(OC(=O)c2ccccc21)c1cc(Cl)c(O)cc1O3. The predicted octanol–water partition coefficient (Wildman–Crippen LogP) is 14.8. The summed E-state index contributed by atoms with van der Waals surface area (Å²) in [6.07, 6.45) is 0. The molecule has 1 unspecified atom stereocenters. The van der Waals surface area contributed by atoms with Crippen LogP contribution in [0.1, 0.15) is 37.4 Å². The summed E-state index contributed by atoms with van der Waals surface area (Å²) in [7, 11) is 3.89. The number of nitrogens with zero attached hydrogens (tertiary/aromatic N) is 2. The number of carboxylic acid groups (broad SMARTS) is 1. The molecule has 1 aliphatic carbocycles. The monoisotopic (exact) mass is 1040 g/mol. The Bertz CT molecular complexity index is 4260. The second-order valence-electron chi connectivity index (χ2n) is 18.5. The number of carbonyl (C=O) groups is 2. The first-order chi connectivity index (χ1) is 36.7. The number of rotatable bonds is 6. The molecule has 3 heterocycles. The van der Waals surface area contributed by atoms with Crippen LogP contribution in [0.3, 0.4) is 0 Å². The van der Waals surface area contributed by atoms with Gasteiger partial charge in [0.25, 0.3) is 0 Å². The Morgan fingerprint density at radius 2 is 1.12 bits per heavy atom. The molecular weight excluding hydrogens is 1000 g/mol. The van der Waals surface area contributed by atoms with Crippen molar-refractivity contribution in [1.29, 1.82) is 0 Å². The van der Waals surface area contributed by atoms with Gasteiger partial charge in [-0.1, -0.05) is 71.7 Å². The fourth-order valence-corrected chi connectivity index (χ4v) is 10.7. The largest absolute Gasteiger partial charge is 0.508 e. The first kappa shape index (κ1) is 47.5. The first-order valence-electron chi connectivity index (χ1n) is 23.8. The van der Waals surface area contributed by atoms with Crippen molar-refractivity contribution in [2.24, 2.45) is 0 Å². The summed E-state index contributed by atoms with van der Waals surface area (Å²) >= 11 is 12.5. The average molecular weight is 1040 g/mol. The van der Waals surface area contributed by atoms with Gasteiger partial charge in [-0.15, -0.1) is 0 Å². The summed E-state index contributed by atoms with van der Waals surface area (Å²) < 4.78 is 18.9.